The smallest absolute Gasteiger partial charge is 0.251 e. The van der Waals surface area contributed by atoms with Crippen LogP contribution in [0, 0.1) is 5.92 Å². The summed E-state index contributed by atoms with van der Waals surface area (Å²) in [5.41, 5.74) is 4.42. The Hall–Kier alpha value is -3.60. The van der Waals surface area contributed by atoms with Crippen LogP contribution in [0.5, 0.6) is 5.75 Å². The highest BCUT2D eigenvalue weighted by atomic mass is 16.5. The second kappa shape index (κ2) is 7.43. The number of hydrogen-bond acceptors (Lipinski definition) is 4. The highest BCUT2D eigenvalue weighted by Crippen LogP contribution is 2.28. The topological polar surface area (TPSA) is 64.4 Å². The van der Waals surface area contributed by atoms with Crippen LogP contribution in [0.2, 0.25) is 0 Å². The van der Waals surface area contributed by atoms with Crippen LogP contribution in [-0.2, 0) is 6.42 Å². The summed E-state index contributed by atoms with van der Waals surface area (Å²) in [7, 11) is 0. The zero-order chi connectivity index (χ0) is 19.6. The van der Waals surface area contributed by atoms with Gasteiger partial charge in [-0.1, -0.05) is 30.3 Å². The summed E-state index contributed by atoms with van der Waals surface area (Å²) < 4.78 is 11.2. The summed E-state index contributed by atoms with van der Waals surface area (Å²) in [4.78, 5) is 17.0. The lowest BCUT2D eigenvalue weighted by Crippen LogP contribution is -2.34. The Morgan fingerprint density at radius 2 is 1.93 bits per heavy atom. The molecule has 0 spiro atoms. The van der Waals surface area contributed by atoms with E-state index in [2.05, 4.69) is 16.4 Å². The van der Waals surface area contributed by atoms with Crippen molar-refractivity contribution >= 4 is 16.9 Å². The molecule has 5 heteroatoms. The maximum atomic E-state index is 12.6. The van der Waals surface area contributed by atoms with Crippen LogP contribution in [0.4, 0.5) is 0 Å². The van der Waals surface area contributed by atoms with Crippen LogP contribution in [0.1, 0.15) is 15.9 Å². The van der Waals surface area contributed by atoms with E-state index in [1.807, 2.05) is 54.6 Å². The first kappa shape index (κ1) is 17.5. The Bertz CT molecular complexity index is 1160. The molecule has 2 aromatic carbocycles. The van der Waals surface area contributed by atoms with Crippen molar-refractivity contribution in [2.24, 2.45) is 5.92 Å². The molecule has 0 fully saturated rings. The predicted molar refractivity (Wildman–Crippen MR) is 111 cm³/mol. The Balaban J connectivity index is 1.25. The van der Waals surface area contributed by atoms with Gasteiger partial charge in [-0.3, -0.25) is 9.78 Å². The largest absolute Gasteiger partial charge is 0.493 e. The van der Waals surface area contributed by atoms with Gasteiger partial charge in [0.2, 0.25) is 0 Å². The number of aromatic nitrogens is 1. The van der Waals surface area contributed by atoms with Gasteiger partial charge in [-0.15, -0.1) is 0 Å². The number of furan rings is 1. The van der Waals surface area contributed by atoms with E-state index < -0.39 is 0 Å². The number of ether oxygens (including phenoxy) is 1. The van der Waals surface area contributed by atoms with Gasteiger partial charge in [-0.25, -0.2) is 0 Å². The molecule has 1 atom stereocenters. The van der Waals surface area contributed by atoms with Gasteiger partial charge in [0, 0.05) is 35.2 Å². The van der Waals surface area contributed by atoms with Crippen LogP contribution in [-0.4, -0.2) is 24.0 Å². The summed E-state index contributed by atoms with van der Waals surface area (Å²) in [5.74, 6) is 1.15. The van der Waals surface area contributed by atoms with E-state index in [9.17, 15) is 4.79 Å². The molecule has 1 aliphatic rings. The molecule has 29 heavy (non-hydrogen) atoms. The molecule has 5 nitrogen and oxygen atoms in total. The van der Waals surface area contributed by atoms with Crippen molar-refractivity contribution in [2.75, 3.05) is 13.2 Å². The quantitative estimate of drug-likeness (QED) is 0.564. The van der Waals surface area contributed by atoms with E-state index in [0.717, 1.165) is 34.4 Å². The van der Waals surface area contributed by atoms with Gasteiger partial charge in [-0.2, -0.15) is 0 Å². The number of carbonyl (C=O) groups excluding carboxylic acids is 1. The first-order valence-electron chi connectivity index (χ1n) is 9.69. The number of rotatable bonds is 4. The molecule has 3 heterocycles. The SMILES string of the molecule is O=C(NCC1COc2ccccc2C1)c1ccc(-c2nccc3occc23)cc1. The molecule has 144 valence electrons. The van der Waals surface area contributed by atoms with E-state index in [4.69, 9.17) is 9.15 Å². The third kappa shape index (κ3) is 3.47. The van der Waals surface area contributed by atoms with E-state index in [0.29, 0.717) is 18.7 Å². The molecular formula is C24H20N2O3. The zero-order valence-corrected chi connectivity index (χ0v) is 15.8. The Labute approximate surface area is 168 Å². The fourth-order valence-corrected chi connectivity index (χ4v) is 3.77. The van der Waals surface area contributed by atoms with Crippen LogP contribution < -0.4 is 10.1 Å². The number of nitrogens with zero attached hydrogens (tertiary/aromatic N) is 1. The van der Waals surface area contributed by atoms with Crippen molar-refractivity contribution in [3.63, 3.8) is 0 Å². The second-order valence-electron chi connectivity index (χ2n) is 7.27. The van der Waals surface area contributed by atoms with Crippen molar-refractivity contribution in [1.29, 1.82) is 0 Å². The van der Waals surface area contributed by atoms with E-state index >= 15 is 0 Å². The van der Waals surface area contributed by atoms with E-state index in [1.54, 1.807) is 12.5 Å². The molecule has 2 aromatic heterocycles. The Morgan fingerprint density at radius 3 is 2.83 bits per heavy atom. The molecule has 0 saturated carbocycles. The molecule has 4 aromatic rings. The minimum Gasteiger partial charge on any atom is -0.493 e. The fraction of sp³-hybridized carbons (Fsp3) is 0.167. The summed E-state index contributed by atoms with van der Waals surface area (Å²) in [6.07, 6.45) is 4.30. The predicted octanol–water partition coefficient (Wildman–Crippen LogP) is 4.48. The van der Waals surface area contributed by atoms with Gasteiger partial charge in [0.25, 0.3) is 5.91 Å². The normalized spacial score (nSPS) is 15.5. The minimum atomic E-state index is -0.0788. The number of para-hydroxylation sites is 1. The van der Waals surface area contributed by atoms with Crippen molar-refractivity contribution in [1.82, 2.24) is 10.3 Å². The molecule has 0 saturated heterocycles. The second-order valence-corrected chi connectivity index (χ2v) is 7.27. The Morgan fingerprint density at radius 1 is 1.07 bits per heavy atom. The highest BCUT2D eigenvalue weighted by Gasteiger charge is 2.20. The maximum absolute atomic E-state index is 12.6. The van der Waals surface area contributed by atoms with E-state index in [-0.39, 0.29) is 11.8 Å². The van der Waals surface area contributed by atoms with Crippen LogP contribution >= 0.6 is 0 Å². The average molecular weight is 384 g/mol. The number of fused-ring (bicyclic) bond motifs is 2. The lowest BCUT2D eigenvalue weighted by Gasteiger charge is -2.25. The molecule has 0 aliphatic carbocycles. The number of carbonyl (C=O) groups is 1. The van der Waals surface area contributed by atoms with Crippen LogP contribution in [0.3, 0.4) is 0 Å². The monoisotopic (exact) mass is 384 g/mol. The molecule has 0 radical (unpaired) electrons. The lowest BCUT2D eigenvalue weighted by atomic mass is 9.96. The minimum absolute atomic E-state index is 0.0788. The molecule has 0 bridgehead atoms. The van der Waals surface area contributed by atoms with Crippen molar-refractivity contribution in [2.45, 2.75) is 6.42 Å². The Kier molecular flexibility index (Phi) is 4.48. The molecular weight excluding hydrogens is 364 g/mol. The van der Waals surface area contributed by atoms with E-state index in [1.165, 1.54) is 5.56 Å². The highest BCUT2D eigenvalue weighted by molar-refractivity contribution is 5.96. The summed E-state index contributed by atoms with van der Waals surface area (Å²) in [6.45, 7) is 1.21. The van der Waals surface area contributed by atoms with Gasteiger partial charge in [-0.05, 0) is 42.3 Å². The van der Waals surface area contributed by atoms with Gasteiger partial charge >= 0.3 is 0 Å². The average Bonchev–Trinajstić information content (AvgIpc) is 3.26. The van der Waals surface area contributed by atoms with Gasteiger partial charge in [0.15, 0.2) is 0 Å². The molecule has 1 aliphatic heterocycles. The fourth-order valence-electron chi connectivity index (χ4n) is 3.77. The maximum Gasteiger partial charge on any atom is 0.251 e. The number of benzene rings is 2. The van der Waals surface area contributed by atoms with Crippen molar-refractivity contribution in [3.05, 3.63) is 84.3 Å². The summed E-state index contributed by atoms with van der Waals surface area (Å²) in [5, 5.41) is 4.00. The molecule has 1 N–H and O–H groups in total. The summed E-state index contributed by atoms with van der Waals surface area (Å²) in [6, 6.07) is 19.3. The third-order valence-electron chi connectivity index (χ3n) is 5.31. The lowest BCUT2D eigenvalue weighted by molar-refractivity contribution is 0.0939. The van der Waals surface area contributed by atoms with Crippen molar-refractivity contribution in [3.8, 4) is 17.0 Å². The first-order valence-corrected chi connectivity index (χ1v) is 9.69. The molecule has 5 rings (SSSR count). The van der Waals surface area contributed by atoms with Crippen LogP contribution in [0.15, 0.2) is 77.5 Å². The molecule has 1 unspecified atom stereocenters. The van der Waals surface area contributed by atoms with Gasteiger partial charge < -0.3 is 14.5 Å². The number of hydrogen-bond donors (Lipinski definition) is 1. The van der Waals surface area contributed by atoms with Crippen molar-refractivity contribution < 1.29 is 13.9 Å². The third-order valence-corrected chi connectivity index (χ3v) is 5.31. The summed E-state index contributed by atoms with van der Waals surface area (Å²) >= 11 is 0. The standard InChI is InChI=1S/C24H20N2O3/c27-24(26-14-16-13-19-3-1-2-4-21(19)29-15-16)18-7-5-17(6-8-18)23-20-10-12-28-22(20)9-11-25-23/h1-12,16H,13-15H2,(H,26,27). The number of amides is 1. The number of pyridine rings is 1. The van der Waals surface area contributed by atoms with Gasteiger partial charge in [0.05, 0.1) is 18.6 Å². The zero-order valence-electron chi connectivity index (χ0n) is 15.8. The first-order chi connectivity index (χ1) is 14.3. The molecule has 1 amide bonds. The van der Waals surface area contributed by atoms with Crippen LogP contribution in [0.25, 0.3) is 22.2 Å². The number of nitrogens with one attached hydrogen (secondary N) is 1. The van der Waals surface area contributed by atoms with Gasteiger partial charge in [0.1, 0.15) is 11.3 Å².